The van der Waals surface area contributed by atoms with Crippen LogP contribution in [0.3, 0.4) is 0 Å². The highest BCUT2D eigenvalue weighted by Crippen LogP contribution is 2.27. The number of anilines is 4. The van der Waals surface area contributed by atoms with Crippen molar-refractivity contribution in [2.45, 2.75) is 37.8 Å². The van der Waals surface area contributed by atoms with Crippen molar-refractivity contribution in [2.75, 3.05) is 60.7 Å². The second-order valence-electron chi connectivity index (χ2n) is 13.7. The van der Waals surface area contributed by atoms with Gasteiger partial charge >= 0.3 is 12.1 Å². The van der Waals surface area contributed by atoms with E-state index in [9.17, 15) is 22.8 Å². The minimum Gasteiger partial charge on any atom is -0.356 e. The van der Waals surface area contributed by atoms with Crippen LogP contribution >= 0.6 is 15.9 Å². The number of amides is 4. The fraction of sp³-hybridized carbons (Fsp3) is 0.286. The highest BCUT2D eigenvalue weighted by atomic mass is 79.9. The average Bonchev–Trinajstić information content (AvgIpc) is 3.23. The van der Waals surface area contributed by atoms with E-state index in [1.165, 1.54) is 30.3 Å². The minimum atomic E-state index is -0.562. The van der Waals surface area contributed by atoms with Gasteiger partial charge in [0.15, 0.2) is 0 Å². The van der Waals surface area contributed by atoms with Gasteiger partial charge in [-0.2, -0.15) is 0 Å². The molecule has 2 saturated heterocycles. The van der Waals surface area contributed by atoms with Crippen molar-refractivity contribution in [3.8, 4) is 11.1 Å². The molecule has 2 N–H and O–H groups in total. The molecule has 292 valence electrons. The SMILES string of the molecule is CN(C(=O)Nc1ccc(-c2cccc(F)c2)cc1F)C1CCN(c2ccccn2)CC1.CN(C(=O)Nc1ccc(Br)cc1F)C1CCN(c2ccccn2)CC1. The van der Waals surface area contributed by atoms with Gasteiger partial charge in [0, 0.05) is 69.2 Å². The van der Waals surface area contributed by atoms with Gasteiger partial charge in [0.1, 0.15) is 29.1 Å². The first-order chi connectivity index (χ1) is 27.0. The average molecular weight is 830 g/mol. The number of carbonyl (C=O) groups is 2. The molecule has 2 aliphatic rings. The fourth-order valence-corrected chi connectivity index (χ4v) is 7.17. The van der Waals surface area contributed by atoms with E-state index in [4.69, 9.17) is 0 Å². The molecular weight excluding hydrogens is 785 g/mol. The number of piperidine rings is 2. The van der Waals surface area contributed by atoms with Crippen LogP contribution in [0, 0.1) is 17.5 Å². The van der Waals surface area contributed by atoms with Crippen molar-refractivity contribution in [2.24, 2.45) is 0 Å². The van der Waals surface area contributed by atoms with Gasteiger partial charge in [0.05, 0.1) is 11.4 Å². The Balaban J connectivity index is 0.000000194. The van der Waals surface area contributed by atoms with Gasteiger partial charge in [-0.1, -0.05) is 46.3 Å². The second kappa shape index (κ2) is 18.8. The van der Waals surface area contributed by atoms with E-state index in [-0.39, 0.29) is 41.3 Å². The van der Waals surface area contributed by atoms with Crippen LogP contribution in [0.25, 0.3) is 11.1 Å². The second-order valence-corrected chi connectivity index (χ2v) is 14.6. The molecule has 7 rings (SSSR count). The molecule has 10 nitrogen and oxygen atoms in total. The van der Waals surface area contributed by atoms with Crippen LogP contribution in [0.2, 0.25) is 0 Å². The Kier molecular flexibility index (Phi) is 13.4. The number of rotatable bonds is 7. The monoisotopic (exact) mass is 828 g/mol. The number of nitrogens with zero attached hydrogens (tertiary/aromatic N) is 6. The number of carbonyl (C=O) groups excluding carboxylic acids is 2. The molecule has 0 unspecified atom stereocenters. The Hall–Kier alpha value is -5.63. The van der Waals surface area contributed by atoms with E-state index in [1.54, 1.807) is 66.6 Å². The van der Waals surface area contributed by atoms with Crippen molar-refractivity contribution < 1.29 is 22.8 Å². The van der Waals surface area contributed by atoms with Crippen molar-refractivity contribution >= 4 is 51.0 Å². The van der Waals surface area contributed by atoms with E-state index in [2.05, 4.69) is 46.3 Å². The van der Waals surface area contributed by atoms with Crippen LogP contribution in [0.15, 0.2) is 114 Å². The van der Waals surface area contributed by atoms with E-state index in [1.807, 2.05) is 36.4 Å². The van der Waals surface area contributed by atoms with Gasteiger partial charge in [0.2, 0.25) is 0 Å². The Morgan fingerprint density at radius 3 is 1.55 bits per heavy atom. The summed E-state index contributed by atoms with van der Waals surface area (Å²) in [6, 6.07) is 26.3. The molecule has 4 heterocycles. The Morgan fingerprint density at radius 1 is 0.625 bits per heavy atom. The standard InChI is InChI=1S/C24H24F2N4O.C18H20BrFN4O/c1-29(20-10-13-30(14-11-20)23-7-2-3-12-27-23)24(31)28-22-9-8-18(16-21(22)26)17-5-4-6-19(25)15-17;1-23(18(25)22-16-6-5-13(19)12-15(16)20)14-7-10-24(11-8-14)17-4-2-3-9-21-17/h2-9,12,15-16,20H,10-11,13-14H2,1H3,(H,28,31);2-6,9,12,14H,7-8,10-11H2,1H3,(H,22,25). The molecule has 2 aromatic heterocycles. The molecule has 14 heteroatoms. The third-order valence-corrected chi connectivity index (χ3v) is 10.6. The summed E-state index contributed by atoms with van der Waals surface area (Å²) in [5.41, 5.74) is 1.41. The topological polar surface area (TPSA) is 96.9 Å². The van der Waals surface area contributed by atoms with Gasteiger partial charge in [-0.15, -0.1) is 0 Å². The summed E-state index contributed by atoms with van der Waals surface area (Å²) in [7, 11) is 3.49. The number of nitrogens with one attached hydrogen (secondary N) is 2. The summed E-state index contributed by atoms with van der Waals surface area (Å²) in [5, 5.41) is 5.29. The molecule has 3 aromatic carbocycles. The fourth-order valence-electron chi connectivity index (χ4n) is 6.84. The Bertz CT molecular complexity index is 2080. The summed E-state index contributed by atoms with van der Waals surface area (Å²) >= 11 is 3.21. The first kappa shape index (κ1) is 40.0. The molecule has 2 fully saturated rings. The lowest BCUT2D eigenvalue weighted by Crippen LogP contribution is -2.47. The summed E-state index contributed by atoms with van der Waals surface area (Å²) in [4.78, 5) is 41.6. The lowest BCUT2D eigenvalue weighted by Gasteiger charge is -2.37. The zero-order chi connectivity index (χ0) is 39.6. The summed E-state index contributed by atoms with van der Waals surface area (Å²) in [6.45, 7) is 3.28. The van der Waals surface area contributed by atoms with Crippen LogP contribution in [-0.2, 0) is 0 Å². The smallest absolute Gasteiger partial charge is 0.321 e. The normalized spacial score (nSPS) is 14.7. The summed E-state index contributed by atoms with van der Waals surface area (Å²) < 4.78 is 42.5. The summed E-state index contributed by atoms with van der Waals surface area (Å²) in [6.07, 6.45) is 6.87. The van der Waals surface area contributed by atoms with Crippen LogP contribution in [0.4, 0.5) is 45.8 Å². The Morgan fingerprint density at radius 2 is 1.11 bits per heavy atom. The lowest BCUT2D eigenvalue weighted by atomic mass is 10.0. The Labute approximate surface area is 333 Å². The maximum absolute atomic E-state index is 14.6. The van der Waals surface area contributed by atoms with E-state index in [0.717, 1.165) is 63.5 Å². The number of benzene rings is 3. The molecule has 0 aliphatic carbocycles. The van der Waals surface area contributed by atoms with Crippen LogP contribution in [-0.4, -0.2) is 84.2 Å². The van der Waals surface area contributed by atoms with Crippen molar-refractivity contribution in [1.29, 1.82) is 0 Å². The maximum atomic E-state index is 14.6. The van der Waals surface area contributed by atoms with Crippen LogP contribution < -0.4 is 20.4 Å². The van der Waals surface area contributed by atoms with E-state index < -0.39 is 11.6 Å². The van der Waals surface area contributed by atoms with Crippen molar-refractivity contribution in [1.82, 2.24) is 19.8 Å². The molecule has 0 atom stereocenters. The lowest BCUT2D eigenvalue weighted by molar-refractivity contribution is 0.192. The van der Waals surface area contributed by atoms with Crippen LogP contribution in [0.5, 0.6) is 0 Å². The molecule has 0 radical (unpaired) electrons. The van der Waals surface area contributed by atoms with Crippen molar-refractivity contribution in [3.63, 3.8) is 0 Å². The first-order valence-electron chi connectivity index (χ1n) is 18.5. The molecule has 5 aromatic rings. The number of aromatic nitrogens is 2. The van der Waals surface area contributed by atoms with Gasteiger partial charge < -0.3 is 30.2 Å². The zero-order valence-electron chi connectivity index (χ0n) is 31.2. The number of halogens is 4. The highest BCUT2D eigenvalue weighted by molar-refractivity contribution is 9.10. The van der Waals surface area contributed by atoms with E-state index in [0.29, 0.717) is 15.6 Å². The zero-order valence-corrected chi connectivity index (χ0v) is 32.8. The predicted molar refractivity (Wildman–Crippen MR) is 218 cm³/mol. The quantitative estimate of drug-likeness (QED) is 0.170. The van der Waals surface area contributed by atoms with Crippen LogP contribution in [0.1, 0.15) is 25.7 Å². The molecule has 56 heavy (non-hydrogen) atoms. The molecule has 0 spiro atoms. The van der Waals surface area contributed by atoms with Crippen molar-refractivity contribution in [3.05, 3.63) is 131 Å². The number of hydrogen-bond acceptors (Lipinski definition) is 6. The maximum Gasteiger partial charge on any atom is 0.321 e. The minimum absolute atomic E-state index is 0.0644. The predicted octanol–water partition coefficient (Wildman–Crippen LogP) is 9.28. The third-order valence-electron chi connectivity index (χ3n) is 10.2. The molecule has 4 amide bonds. The largest absolute Gasteiger partial charge is 0.356 e. The molecular formula is C42H44BrF3N8O2. The first-order valence-corrected chi connectivity index (χ1v) is 19.2. The van der Waals surface area contributed by atoms with Gasteiger partial charge in [-0.05, 0) is 104 Å². The number of pyridine rings is 2. The number of urea groups is 2. The molecule has 0 saturated carbocycles. The van der Waals surface area contributed by atoms with Gasteiger partial charge in [-0.3, -0.25) is 0 Å². The molecule has 2 aliphatic heterocycles. The number of hydrogen-bond donors (Lipinski definition) is 2. The van der Waals surface area contributed by atoms with Gasteiger partial charge in [0.25, 0.3) is 0 Å². The highest BCUT2D eigenvalue weighted by Gasteiger charge is 2.28. The van der Waals surface area contributed by atoms with E-state index >= 15 is 0 Å². The summed E-state index contributed by atoms with van der Waals surface area (Å²) in [5.74, 6) is 0.499. The molecule has 0 bridgehead atoms. The van der Waals surface area contributed by atoms with Gasteiger partial charge in [-0.25, -0.2) is 32.7 Å². The third kappa shape index (κ3) is 10.4.